The maximum absolute atomic E-state index is 14.5. The van der Waals surface area contributed by atoms with Crippen molar-refractivity contribution >= 4 is 17.4 Å². The van der Waals surface area contributed by atoms with Crippen molar-refractivity contribution in [2.75, 3.05) is 0 Å². The highest BCUT2D eigenvalue weighted by Crippen LogP contribution is 2.36. The minimum Gasteiger partial charge on any atom is -0.453 e. The summed E-state index contributed by atoms with van der Waals surface area (Å²) in [7, 11) is 0. The molecule has 0 radical (unpaired) electrons. The molecule has 2 N–H and O–H groups in total. The van der Waals surface area contributed by atoms with Gasteiger partial charge in [0.05, 0.1) is 5.02 Å². The van der Waals surface area contributed by atoms with Crippen molar-refractivity contribution in [3.63, 3.8) is 0 Å². The van der Waals surface area contributed by atoms with Gasteiger partial charge in [0.1, 0.15) is 5.75 Å². The predicted molar refractivity (Wildman–Crippen MR) is 85.1 cm³/mol. The molecule has 2 rings (SSSR count). The molecule has 0 aromatic heterocycles. The molecule has 5 heteroatoms. The van der Waals surface area contributed by atoms with Crippen molar-refractivity contribution in [2.24, 2.45) is 5.73 Å². The number of halogens is 2. The molecule has 0 amide bonds. The van der Waals surface area contributed by atoms with Crippen LogP contribution in [-0.2, 0) is 0 Å². The fourth-order valence-electron chi connectivity index (χ4n) is 2.02. The van der Waals surface area contributed by atoms with Gasteiger partial charge < -0.3 is 10.5 Å². The van der Waals surface area contributed by atoms with Gasteiger partial charge in [-0.05, 0) is 43.7 Å². The van der Waals surface area contributed by atoms with Gasteiger partial charge in [-0.2, -0.15) is 0 Å². The Balaban J connectivity index is 2.34. The quantitative estimate of drug-likeness (QED) is 0.798. The number of hydrogen-bond acceptors (Lipinski definition) is 3. The first-order valence-corrected chi connectivity index (χ1v) is 7.34. The van der Waals surface area contributed by atoms with Crippen LogP contribution in [0.4, 0.5) is 4.39 Å². The Morgan fingerprint density at radius 1 is 1.27 bits per heavy atom. The highest BCUT2D eigenvalue weighted by Gasteiger charge is 2.18. The maximum Gasteiger partial charge on any atom is 0.181 e. The Labute approximate surface area is 133 Å². The van der Waals surface area contributed by atoms with Crippen molar-refractivity contribution in [3.05, 3.63) is 58.4 Å². The average molecular weight is 322 g/mol. The Morgan fingerprint density at radius 2 is 1.91 bits per heavy atom. The van der Waals surface area contributed by atoms with E-state index in [1.807, 2.05) is 6.92 Å². The number of ether oxygens (including phenoxy) is 1. The molecule has 0 aliphatic heterocycles. The largest absolute Gasteiger partial charge is 0.453 e. The first-order chi connectivity index (χ1) is 10.4. The van der Waals surface area contributed by atoms with Gasteiger partial charge in [-0.1, -0.05) is 24.6 Å². The molecule has 3 nitrogen and oxygen atoms in total. The zero-order chi connectivity index (χ0) is 16.3. The fourth-order valence-corrected chi connectivity index (χ4v) is 2.21. The fraction of sp³-hybridized carbons (Fsp3) is 0.235. The molecular weight excluding hydrogens is 305 g/mol. The van der Waals surface area contributed by atoms with Crippen LogP contribution in [0.5, 0.6) is 11.5 Å². The summed E-state index contributed by atoms with van der Waals surface area (Å²) in [6, 6.07) is 9.14. The van der Waals surface area contributed by atoms with Crippen molar-refractivity contribution in [3.8, 4) is 11.5 Å². The van der Waals surface area contributed by atoms with E-state index in [0.717, 1.165) is 0 Å². The summed E-state index contributed by atoms with van der Waals surface area (Å²) in [4.78, 5) is 11.2. The zero-order valence-electron chi connectivity index (χ0n) is 12.4. The van der Waals surface area contributed by atoms with E-state index in [9.17, 15) is 9.18 Å². The van der Waals surface area contributed by atoms with Crippen molar-refractivity contribution in [2.45, 2.75) is 26.3 Å². The lowest BCUT2D eigenvalue weighted by molar-refractivity contribution is 0.101. The van der Waals surface area contributed by atoms with Crippen LogP contribution in [0.3, 0.4) is 0 Å². The molecule has 0 fully saturated rings. The van der Waals surface area contributed by atoms with Crippen LogP contribution in [0.25, 0.3) is 0 Å². The number of ketones is 1. The smallest absolute Gasteiger partial charge is 0.181 e. The Bertz CT molecular complexity index is 686. The van der Waals surface area contributed by atoms with Crippen molar-refractivity contribution in [1.29, 1.82) is 0 Å². The van der Waals surface area contributed by atoms with Crippen LogP contribution < -0.4 is 10.5 Å². The van der Waals surface area contributed by atoms with Gasteiger partial charge in [0, 0.05) is 17.2 Å². The predicted octanol–water partition coefficient (Wildman–Crippen LogP) is 4.88. The highest BCUT2D eigenvalue weighted by atomic mass is 35.5. The molecule has 116 valence electrons. The van der Waals surface area contributed by atoms with Crippen molar-refractivity contribution < 1.29 is 13.9 Å². The van der Waals surface area contributed by atoms with E-state index in [2.05, 4.69) is 0 Å². The average Bonchev–Trinajstić information content (AvgIpc) is 2.51. The van der Waals surface area contributed by atoms with E-state index in [-0.39, 0.29) is 16.6 Å². The highest BCUT2D eigenvalue weighted by molar-refractivity contribution is 6.32. The summed E-state index contributed by atoms with van der Waals surface area (Å²) in [5.41, 5.74) is 6.80. The molecule has 0 aliphatic rings. The topological polar surface area (TPSA) is 52.3 Å². The molecule has 0 spiro atoms. The van der Waals surface area contributed by atoms with E-state index in [1.54, 1.807) is 36.4 Å². The molecule has 0 heterocycles. The summed E-state index contributed by atoms with van der Waals surface area (Å²) < 4.78 is 20.1. The molecule has 0 bridgehead atoms. The van der Waals surface area contributed by atoms with Crippen LogP contribution in [0, 0.1) is 5.82 Å². The minimum atomic E-state index is -0.558. The summed E-state index contributed by atoms with van der Waals surface area (Å²) in [5.74, 6) is -0.268. The third-order valence-electron chi connectivity index (χ3n) is 3.40. The molecule has 0 unspecified atom stereocenters. The molecule has 0 saturated heterocycles. The third kappa shape index (κ3) is 3.46. The maximum atomic E-state index is 14.5. The Kier molecular flexibility index (Phi) is 5.16. The van der Waals surface area contributed by atoms with Crippen molar-refractivity contribution in [1.82, 2.24) is 0 Å². The molecule has 1 atom stereocenters. The van der Waals surface area contributed by atoms with Crippen LogP contribution in [0.15, 0.2) is 36.4 Å². The van der Waals surface area contributed by atoms with Crippen LogP contribution in [0.1, 0.15) is 42.2 Å². The standard InChI is InChI=1S/C17H17ClFNO2/c1-3-15(20)13-8-9-14(18)17(16(13)19)22-12-6-4-11(5-7-12)10(2)21/h4-9,15H,3,20H2,1-2H3/t15-/m1/s1. The van der Waals surface area contributed by atoms with Crippen LogP contribution in [0.2, 0.25) is 5.02 Å². The molecule has 22 heavy (non-hydrogen) atoms. The number of hydrogen-bond donors (Lipinski definition) is 1. The summed E-state index contributed by atoms with van der Waals surface area (Å²) in [5, 5.41) is 0.167. The lowest BCUT2D eigenvalue weighted by Gasteiger charge is -2.15. The van der Waals surface area contributed by atoms with Gasteiger partial charge in [0.25, 0.3) is 0 Å². The van der Waals surface area contributed by atoms with E-state index in [4.69, 9.17) is 22.1 Å². The molecule has 0 saturated carbocycles. The van der Waals surface area contributed by atoms with Gasteiger partial charge in [0.15, 0.2) is 17.3 Å². The molecule has 2 aromatic carbocycles. The third-order valence-corrected chi connectivity index (χ3v) is 3.70. The number of rotatable bonds is 5. The summed E-state index contributed by atoms with van der Waals surface area (Å²) in [6.07, 6.45) is 0.602. The first-order valence-electron chi connectivity index (χ1n) is 6.96. The number of nitrogens with two attached hydrogens (primary N) is 1. The number of carbonyl (C=O) groups is 1. The van der Waals surface area contributed by atoms with E-state index >= 15 is 0 Å². The SMILES string of the molecule is CC[C@@H](N)c1ccc(Cl)c(Oc2ccc(C(C)=O)cc2)c1F. The summed E-state index contributed by atoms with van der Waals surface area (Å²) >= 11 is 6.02. The van der Waals surface area contributed by atoms with Gasteiger partial charge in [0.2, 0.25) is 0 Å². The second-order valence-electron chi connectivity index (χ2n) is 4.98. The van der Waals surface area contributed by atoms with E-state index in [1.165, 1.54) is 6.92 Å². The number of carbonyl (C=O) groups excluding carboxylic acids is 1. The van der Waals surface area contributed by atoms with Crippen LogP contribution >= 0.6 is 11.6 Å². The number of benzene rings is 2. The van der Waals surface area contributed by atoms with E-state index < -0.39 is 11.9 Å². The molecule has 0 aliphatic carbocycles. The van der Waals surface area contributed by atoms with Gasteiger partial charge in [-0.25, -0.2) is 4.39 Å². The Morgan fingerprint density at radius 3 is 2.45 bits per heavy atom. The van der Waals surface area contributed by atoms with Gasteiger partial charge in [-0.15, -0.1) is 0 Å². The Hall–Kier alpha value is -1.91. The second kappa shape index (κ2) is 6.90. The second-order valence-corrected chi connectivity index (χ2v) is 5.38. The molecular formula is C17H17ClFNO2. The number of Topliss-reactive ketones (excluding diaryl/α,β-unsaturated/α-hetero) is 1. The molecule has 2 aromatic rings. The van der Waals surface area contributed by atoms with Gasteiger partial charge in [-0.3, -0.25) is 4.79 Å². The monoisotopic (exact) mass is 321 g/mol. The van der Waals surface area contributed by atoms with Crippen LogP contribution in [-0.4, -0.2) is 5.78 Å². The van der Waals surface area contributed by atoms with E-state index in [0.29, 0.717) is 23.3 Å². The lowest BCUT2D eigenvalue weighted by Crippen LogP contribution is -2.11. The minimum absolute atomic E-state index is 0.0494. The van der Waals surface area contributed by atoms with Gasteiger partial charge >= 0.3 is 0 Å². The first kappa shape index (κ1) is 16.5. The normalized spacial score (nSPS) is 12.0. The summed E-state index contributed by atoms with van der Waals surface area (Å²) in [6.45, 7) is 3.35. The lowest BCUT2D eigenvalue weighted by atomic mass is 10.0. The zero-order valence-corrected chi connectivity index (χ0v) is 13.2.